The lowest BCUT2D eigenvalue weighted by Gasteiger charge is -1.89. The first kappa shape index (κ1) is 13.9. The fourth-order valence-electron chi connectivity index (χ4n) is 0.276. The molecule has 0 bridgehead atoms. The Morgan fingerprint density at radius 3 is 2.15 bits per heavy atom. The maximum Gasteiger partial charge on any atom is 0.262 e. The van der Waals surface area contributed by atoms with Gasteiger partial charge in [-0.05, 0) is 12.7 Å². The summed E-state index contributed by atoms with van der Waals surface area (Å²) in [4.78, 5) is 17.3. The van der Waals surface area contributed by atoms with Crippen LogP contribution in [-0.4, -0.2) is 11.7 Å². The Kier molecular flexibility index (Phi) is 9.09. The van der Waals surface area contributed by atoms with Crippen LogP contribution in [0.5, 0.6) is 0 Å². The summed E-state index contributed by atoms with van der Waals surface area (Å²) in [5.41, 5.74) is -0.250. The molecule has 72 valence electrons. The molecule has 0 radical (unpaired) electrons. The monoisotopic (exact) mass is 205 g/mol. The average Bonchev–Trinajstić information content (AvgIpc) is 2.16. The number of hydrogen-bond acceptors (Lipinski definition) is 4. The highest BCUT2D eigenvalue weighted by molar-refractivity contribution is 6.08. The van der Waals surface area contributed by atoms with E-state index in [0.717, 1.165) is 6.08 Å². The molecular formula is C7H8ClNO4. The van der Waals surface area contributed by atoms with Crippen molar-refractivity contribution in [2.24, 2.45) is 0 Å². The summed E-state index contributed by atoms with van der Waals surface area (Å²) in [6.45, 7) is 8.43. The second kappa shape index (κ2) is 8.48. The van der Waals surface area contributed by atoms with Gasteiger partial charge < -0.3 is 9.08 Å². The van der Waals surface area contributed by atoms with E-state index < -0.39 is 4.92 Å². The van der Waals surface area contributed by atoms with E-state index in [1.165, 1.54) is 6.08 Å². The molecule has 0 N–H and O–H groups in total. The Morgan fingerprint density at radius 2 is 1.85 bits per heavy atom. The molecule has 0 spiro atoms. The topological polar surface area (TPSA) is 69.4 Å². The molecule has 0 atom stereocenters. The highest BCUT2D eigenvalue weighted by atomic mass is 35.5. The quantitative estimate of drug-likeness (QED) is 0.304. The summed E-state index contributed by atoms with van der Waals surface area (Å²) in [5, 5.41) is 9.95. The van der Waals surface area contributed by atoms with Crippen molar-refractivity contribution >= 4 is 18.7 Å². The Bertz CT molecular complexity index is 237. The molecule has 0 saturated heterocycles. The summed E-state index contributed by atoms with van der Waals surface area (Å²) in [6.07, 6.45) is 2.39. The fraction of sp³-hybridized carbons (Fsp3) is 0. The molecule has 5 nitrogen and oxygen atoms in total. The molecule has 0 unspecified atom stereocenters. The molecule has 6 heteroatoms. The number of nitro groups is 1. The summed E-state index contributed by atoms with van der Waals surface area (Å²) in [6, 6.07) is 0. The van der Waals surface area contributed by atoms with E-state index in [-0.39, 0.29) is 11.5 Å². The van der Waals surface area contributed by atoms with Crippen LogP contribution >= 0.6 is 11.9 Å². The standard InChI is InChI=1S/C6H6ClNO3.CH2O/c1-5(8(9)10)3-4-6(2)11-7;1-2/h3-4H,1-2H2;1H2/b4-3-;. The summed E-state index contributed by atoms with van der Waals surface area (Å²) in [7, 11) is 0. The Morgan fingerprint density at radius 1 is 1.38 bits per heavy atom. The van der Waals surface area contributed by atoms with E-state index in [9.17, 15) is 10.1 Å². The van der Waals surface area contributed by atoms with E-state index in [1.54, 1.807) is 0 Å². The van der Waals surface area contributed by atoms with E-state index in [1.807, 2.05) is 6.79 Å². The molecule has 0 rings (SSSR count). The van der Waals surface area contributed by atoms with Crippen LogP contribution in [0.15, 0.2) is 36.8 Å². The van der Waals surface area contributed by atoms with Gasteiger partial charge in [0.15, 0.2) is 0 Å². The van der Waals surface area contributed by atoms with Gasteiger partial charge in [-0.2, -0.15) is 0 Å². The zero-order chi connectivity index (χ0) is 10.9. The van der Waals surface area contributed by atoms with E-state index in [0.29, 0.717) is 0 Å². The van der Waals surface area contributed by atoms with Gasteiger partial charge in [-0.25, -0.2) is 0 Å². The van der Waals surface area contributed by atoms with Crippen molar-refractivity contribution in [2.45, 2.75) is 0 Å². The zero-order valence-electron chi connectivity index (χ0n) is 6.73. The van der Waals surface area contributed by atoms with Crippen molar-refractivity contribution in [2.75, 3.05) is 0 Å². The minimum absolute atomic E-state index is 0.120. The number of nitrogens with zero attached hydrogens (tertiary/aromatic N) is 1. The highest BCUT2D eigenvalue weighted by Crippen LogP contribution is 2.01. The van der Waals surface area contributed by atoms with Crippen LogP contribution < -0.4 is 0 Å². The summed E-state index contributed by atoms with van der Waals surface area (Å²) < 4.78 is 4.11. The second-order valence-corrected chi connectivity index (χ2v) is 1.78. The van der Waals surface area contributed by atoms with Crippen LogP contribution in [0.3, 0.4) is 0 Å². The third kappa shape index (κ3) is 8.28. The van der Waals surface area contributed by atoms with Crippen LogP contribution in [0.1, 0.15) is 0 Å². The minimum Gasteiger partial charge on any atom is -0.386 e. The summed E-state index contributed by atoms with van der Waals surface area (Å²) >= 11 is 4.86. The average molecular weight is 206 g/mol. The van der Waals surface area contributed by atoms with Gasteiger partial charge in [0, 0.05) is 6.08 Å². The van der Waals surface area contributed by atoms with Gasteiger partial charge in [-0.1, -0.05) is 6.58 Å². The van der Waals surface area contributed by atoms with Crippen molar-refractivity contribution < 1.29 is 14.0 Å². The molecule has 0 aromatic carbocycles. The second-order valence-electron chi connectivity index (χ2n) is 1.63. The molecule has 0 aliphatic rings. The third-order valence-electron chi connectivity index (χ3n) is 0.795. The van der Waals surface area contributed by atoms with Gasteiger partial charge in [-0.3, -0.25) is 10.1 Å². The van der Waals surface area contributed by atoms with Crippen LogP contribution in [0.4, 0.5) is 0 Å². The normalized spacial score (nSPS) is 8.38. The molecule has 0 aromatic heterocycles. The lowest BCUT2D eigenvalue weighted by atomic mass is 10.4. The minimum atomic E-state index is -0.627. The van der Waals surface area contributed by atoms with Crippen molar-refractivity contribution in [1.29, 1.82) is 0 Å². The van der Waals surface area contributed by atoms with Crippen LogP contribution in [0, 0.1) is 10.1 Å². The largest absolute Gasteiger partial charge is 0.386 e. The maximum absolute atomic E-state index is 9.95. The molecule has 0 aliphatic heterocycles. The number of carbonyl (C=O) groups excluding carboxylic acids is 1. The molecule has 0 fully saturated rings. The number of allylic oxidation sites excluding steroid dienone is 2. The SMILES string of the molecule is C=C(/C=C\C(=C)[N+](=O)[O-])OCl.C=O. The van der Waals surface area contributed by atoms with Crippen LogP contribution in [0.2, 0.25) is 0 Å². The third-order valence-corrected chi connectivity index (χ3v) is 0.993. The van der Waals surface area contributed by atoms with Gasteiger partial charge in [0.25, 0.3) is 5.70 Å². The van der Waals surface area contributed by atoms with E-state index in [2.05, 4.69) is 17.4 Å². The molecular weight excluding hydrogens is 198 g/mol. The first-order chi connectivity index (χ1) is 6.07. The lowest BCUT2D eigenvalue weighted by molar-refractivity contribution is -0.418. The number of carbonyl (C=O) groups is 1. The number of hydrogen-bond donors (Lipinski definition) is 0. The zero-order valence-corrected chi connectivity index (χ0v) is 7.49. The van der Waals surface area contributed by atoms with Gasteiger partial charge >= 0.3 is 0 Å². The number of rotatable bonds is 4. The molecule has 0 saturated carbocycles. The first-order valence-electron chi connectivity index (χ1n) is 2.85. The van der Waals surface area contributed by atoms with Gasteiger partial charge in [0.1, 0.15) is 24.4 Å². The van der Waals surface area contributed by atoms with E-state index >= 15 is 0 Å². The summed E-state index contributed by atoms with van der Waals surface area (Å²) in [5.74, 6) is 0.120. The molecule has 0 aromatic rings. The smallest absolute Gasteiger partial charge is 0.262 e. The molecule has 0 heterocycles. The Labute approximate surface area is 80.3 Å². The van der Waals surface area contributed by atoms with Crippen molar-refractivity contribution in [1.82, 2.24) is 0 Å². The first-order valence-corrected chi connectivity index (χ1v) is 3.16. The van der Waals surface area contributed by atoms with Crippen molar-refractivity contribution in [3.63, 3.8) is 0 Å². The predicted molar refractivity (Wildman–Crippen MR) is 48.5 cm³/mol. The number of halogens is 1. The van der Waals surface area contributed by atoms with Gasteiger partial charge in [-0.15, -0.1) is 0 Å². The Balaban J connectivity index is 0. The molecule has 13 heavy (non-hydrogen) atoms. The fourth-order valence-corrected chi connectivity index (χ4v) is 0.327. The Hall–Kier alpha value is -1.62. The van der Waals surface area contributed by atoms with Crippen LogP contribution in [-0.2, 0) is 9.08 Å². The molecule has 0 aliphatic carbocycles. The van der Waals surface area contributed by atoms with Gasteiger partial charge in [0.2, 0.25) is 0 Å². The molecule has 0 amide bonds. The maximum atomic E-state index is 9.95. The van der Waals surface area contributed by atoms with Crippen molar-refractivity contribution in [3.05, 3.63) is 46.9 Å². The van der Waals surface area contributed by atoms with Crippen LogP contribution in [0.25, 0.3) is 0 Å². The highest BCUT2D eigenvalue weighted by Gasteiger charge is 1.99. The van der Waals surface area contributed by atoms with E-state index in [4.69, 9.17) is 16.7 Å². The lowest BCUT2D eigenvalue weighted by Crippen LogP contribution is -1.92. The van der Waals surface area contributed by atoms with Gasteiger partial charge in [0.05, 0.1) is 4.92 Å². The van der Waals surface area contributed by atoms with Crippen molar-refractivity contribution in [3.8, 4) is 0 Å². The predicted octanol–water partition coefficient (Wildman–Crippen LogP) is 1.83.